The number of thioether (sulfide) groups is 1. The van der Waals surface area contributed by atoms with Crippen LogP contribution in [0.5, 0.6) is 0 Å². The fraction of sp³-hybridized carbons (Fsp3) is 0.160. The number of carbonyl (C=O) groups excluding carboxylic acids is 3. The molecular weight excluding hydrogens is 422 g/mol. The van der Waals surface area contributed by atoms with Gasteiger partial charge in [0.15, 0.2) is 0 Å². The highest BCUT2D eigenvalue weighted by molar-refractivity contribution is 8.18. The maximum absolute atomic E-state index is 12.9. The van der Waals surface area contributed by atoms with Gasteiger partial charge in [0.1, 0.15) is 6.54 Å². The number of nitrogens with zero attached hydrogens (tertiary/aromatic N) is 2. The molecule has 1 fully saturated rings. The second kappa shape index (κ2) is 8.88. The Balaban J connectivity index is 1.54. The van der Waals surface area contributed by atoms with E-state index < -0.39 is 17.1 Å². The number of hydrogen-bond donors (Lipinski definition) is 1. The molecule has 6 nitrogen and oxygen atoms in total. The standard InChI is InChI=1S/C25H23N3O3S/c1-16-8-7-9-17(2)23(16)26-22(29)15-27-24(30)21(32-25(27)31)14-20-13-12-18(3)28(20)19-10-5-4-6-11-19/h4-14H,15H2,1-3H3,(H,26,29)/b21-14-. The molecule has 0 bridgehead atoms. The first-order valence-corrected chi connectivity index (χ1v) is 11.0. The van der Waals surface area contributed by atoms with Crippen molar-refractivity contribution in [1.82, 2.24) is 9.47 Å². The van der Waals surface area contributed by atoms with Gasteiger partial charge in [-0.25, -0.2) is 0 Å². The molecule has 0 saturated carbocycles. The van der Waals surface area contributed by atoms with Crippen LogP contribution in [0.4, 0.5) is 10.5 Å². The Morgan fingerprint density at radius 3 is 2.31 bits per heavy atom. The first kappa shape index (κ1) is 21.6. The number of benzene rings is 2. The highest BCUT2D eigenvalue weighted by Gasteiger charge is 2.36. The van der Waals surface area contributed by atoms with Crippen LogP contribution in [-0.4, -0.2) is 33.1 Å². The first-order chi connectivity index (χ1) is 15.3. The lowest BCUT2D eigenvalue weighted by Crippen LogP contribution is -2.36. The van der Waals surface area contributed by atoms with Crippen molar-refractivity contribution in [3.8, 4) is 5.69 Å². The van der Waals surface area contributed by atoms with Crippen LogP contribution in [0.25, 0.3) is 11.8 Å². The summed E-state index contributed by atoms with van der Waals surface area (Å²) in [7, 11) is 0. The molecular formula is C25H23N3O3S. The van der Waals surface area contributed by atoms with Gasteiger partial charge < -0.3 is 9.88 Å². The Bertz CT molecular complexity index is 1220. The van der Waals surface area contributed by atoms with E-state index in [9.17, 15) is 14.4 Å². The van der Waals surface area contributed by atoms with Gasteiger partial charge >= 0.3 is 0 Å². The van der Waals surface area contributed by atoms with E-state index in [1.165, 1.54) is 0 Å². The number of imide groups is 1. The molecule has 4 rings (SSSR count). The maximum Gasteiger partial charge on any atom is 0.294 e. The maximum atomic E-state index is 12.9. The number of hydrogen-bond acceptors (Lipinski definition) is 4. The highest BCUT2D eigenvalue weighted by Crippen LogP contribution is 2.33. The van der Waals surface area contributed by atoms with Crippen molar-refractivity contribution in [3.05, 3.63) is 88.1 Å². The second-order valence-corrected chi connectivity index (χ2v) is 8.65. The molecule has 3 aromatic rings. The molecule has 1 aromatic heterocycles. The average Bonchev–Trinajstić information content (AvgIpc) is 3.25. The SMILES string of the molecule is Cc1cccc(C)c1NC(=O)CN1C(=O)S/C(=C\c2ccc(C)n2-c2ccccc2)C1=O. The molecule has 0 radical (unpaired) electrons. The molecule has 162 valence electrons. The van der Waals surface area contributed by atoms with Crippen LogP contribution < -0.4 is 5.32 Å². The minimum atomic E-state index is -0.463. The van der Waals surface area contributed by atoms with Crippen LogP contribution in [-0.2, 0) is 9.59 Å². The van der Waals surface area contributed by atoms with Gasteiger partial charge in [0.05, 0.1) is 4.91 Å². The van der Waals surface area contributed by atoms with Crippen LogP contribution >= 0.6 is 11.8 Å². The van der Waals surface area contributed by atoms with Crippen LogP contribution in [0.2, 0.25) is 0 Å². The van der Waals surface area contributed by atoms with Crippen molar-refractivity contribution < 1.29 is 14.4 Å². The summed E-state index contributed by atoms with van der Waals surface area (Å²) in [6, 6.07) is 19.4. The van der Waals surface area contributed by atoms with Gasteiger partial charge in [-0.05, 0) is 74.0 Å². The number of rotatable bonds is 5. The van der Waals surface area contributed by atoms with Crippen LogP contribution in [0, 0.1) is 20.8 Å². The Hall–Kier alpha value is -3.58. The molecule has 0 atom stereocenters. The first-order valence-electron chi connectivity index (χ1n) is 10.2. The minimum absolute atomic E-state index is 0.296. The van der Waals surface area contributed by atoms with E-state index in [0.717, 1.165) is 44.9 Å². The van der Waals surface area contributed by atoms with Crippen LogP contribution in [0.1, 0.15) is 22.5 Å². The quantitative estimate of drug-likeness (QED) is 0.556. The number of para-hydroxylation sites is 2. The van der Waals surface area contributed by atoms with Crippen molar-refractivity contribution in [2.45, 2.75) is 20.8 Å². The fourth-order valence-electron chi connectivity index (χ4n) is 3.71. The summed E-state index contributed by atoms with van der Waals surface area (Å²) in [4.78, 5) is 39.3. The Labute approximate surface area is 190 Å². The smallest absolute Gasteiger partial charge is 0.294 e. The topological polar surface area (TPSA) is 71.4 Å². The minimum Gasteiger partial charge on any atom is -0.324 e. The summed E-state index contributed by atoms with van der Waals surface area (Å²) in [6.07, 6.45) is 1.70. The molecule has 32 heavy (non-hydrogen) atoms. The third kappa shape index (κ3) is 4.24. The lowest BCUT2D eigenvalue weighted by Gasteiger charge is -2.15. The van der Waals surface area contributed by atoms with Gasteiger partial charge in [-0.2, -0.15) is 0 Å². The Morgan fingerprint density at radius 2 is 1.62 bits per heavy atom. The normalized spacial score (nSPS) is 15.0. The van der Waals surface area contributed by atoms with Crippen molar-refractivity contribution in [2.75, 3.05) is 11.9 Å². The molecule has 0 aliphatic carbocycles. The summed E-state index contributed by atoms with van der Waals surface area (Å²) in [5, 5.41) is 2.38. The van der Waals surface area contributed by atoms with E-state index in [0.29, 0.717) is 10.6 Å². The second-order valence-electron chi connectivity index (χ2n) is 7.65. The summed E-state index contributed by atoms with van der Waals surface area (Å²) in [5.41, 5.74) is 5.31. The van der Waals surface area contributed by atoms with Gasteiger partial charge in [0, 0.05) is 22.8 Å². The van der Waals surface area contributed by atoms with E-state index in [1.807, 2.05) is 86.0 Å². The van der Waals surface area contributed by atoms with Crippen molar-refractivity contribution in [1.29, 1.82) is 0 Å². The van der Waals surface area contributed by atoms with E-state index >= 15 is 0 Å². The number of carbonyl (C=O) groups is 3. The summed E-state index contributed by atoms with van der Waals surface area (Å²) in [6.45, 7) is 5.45. The highest BCUT2D eigenvalue weighted by atomic mass is 32.2. The molecule has 1 N–H and O–H groups in total. The van der Waals surface area contributed by atoms with Gasteiger partial charge in [-0.1, -0.05) is 36.4 Å². The number of aromatic nitrogens is 1. The van der Waals surface area contributed by atoms with E-state index in [1.54, 1.807) is 6.08 Å². The number of nitrogens with one attached hydrogen (secondary N) is 1. The number of aryl methyl sites for hydroxylation is 3. The Kier molecular flexibility index (Phi) is 6.01. The molecule has 0 unspecified atom stereocenters. The lowest BCUT2D eigenvalue weighted by molar-refractivity contribution is -0.127. The molecule has 1 saturated heterocycles. The van der Waals surface area contributed by atoms with Gasteiger partial charge in [-0.15, -0.1) is 0 Å². The fourth-order valence-corrected chi connectivity index (χ4v) is 4.53. The molecule has 7 heteroatoms. The summed E-state index contributed by atoms with van der Waals surface area (Å²) in [5.74, 6) is -0.871. The summed E-state index contributed by atoms with van der Waals surface area (Å²) < 4.78 is 2.02. The van der Waals surface area contributed by atoms with Gasteiger partial charge in [0.2, 0.25) is 5.91 Å². The zero-order valence-corrected chi connectivity index (χ0v) is 18.9. The van der Waals surface area contributed by atoms with Gasteiger partial charge in [0.25, 0.3) is 11.1 Å². The van der Waals surface area contributed by atoms with Crippen LogP contribution in [0.3, 0.4) is 0 Å². The number of amides is 3. The van der Waals surface area contributed by atoms with Crippen molar-refractivity contribution in [2.24, 2.45) is 0 Å². The average molecular weight is 446 g/mol. The zero-order chi connectivity index (χ0) is 22.8. The number of anilines is 1. The largest absolute Gasteiger partial charge is 0.324 e. The van der Waals surface area contributed by atoms with E-state index in [-0.39, 0.29) is 6.54 Å². The predicted molar refractivity (Wildman–Crippen MR) is 128 cm³/mol. The van der Waals surface area contributed by atoms with Gasteiger partial charge in [-0.3, -0.25) is 19.3 Å². The molecule has 1 aliphatic rings. The van der Waals surface area contributed by atoms with Crippen molar-refractivity contribution >= 4 is 40.6 Å². The predicted octanol–water partition coefficient (Wildman–Crippen LogP) is 5.08. The van der Waals surface area contributed by atoms with E-state index in [2.05, 4.69) is 5.32 Å². The third-order valence-corrected chi connectivity index (χ3v) is 6.23. The van der Waals surface area contributed by atoms with E-state index in [4.69, 9.17) is 0 Å². The summed E-state index contributed by atoms with van der Waals surface area (Å²) >= 11 is 0.850. The molecule has 3 amide bonds. The monoisotopic (exact) mass is 445 g/mol. The molecule has 0 spiro atoms. The molecule has 2 heterocycles. The molecule has 1 aliphatic heterocycles. The lowest BCUT2D eigenvalue weighted by atomic mass is 10.1. The Morgan fingerprint density at radius 1 is 0.938 bits per heavy atom. The zero-order valence-electron chi connectivity index (χ0n) is 18.1. The molecule has 2 aromatic carbocycles. The van der Waals surface area contributed by atoms with Crippen molar-refractivity contribution in [3.63, 3.8) is 0 Å². The third-order valence-electron chi connectivity index (χ3n) is 5.32. The van der Waals surface area contributed by atoms with Crippen LogP contribution in [0.15, 0.2) is 65.6 Å².